The SMILES string of the molecule is CCc1ccccc1N1C[C@H](C(=O)N2CCC[C@H](C(=O)O)C2)CC1=O. The minimum absolute atomic E-state index is 0.0361. The molecule has 0 spiro atoms. The van der Waals surface area contributed by atoms with Crippen molar-refractivity contribution in [2.75, 3.05) is 24.5 Å². The molecule has 2 saturated heterocycles. The predicted molar refractivity (Wildman–Crippen MR) is 93.2 cm³/mol. The average Bonchev–Trinajstić information content (AvgIpc) is 3.02. The summed E-state index contributed by atoms with van der Waals surface area (Å²) < 4.78 is 0. The first kappa shape index (κ1) is 17.5. The fourth-order valence-corrected chi connectivity index (χ4v) is 3.82. The van der Waals surface area contributed by atoms with Crippen LogP contribution in [0.4, 0.5) is 5.69 Å². The van der Waals surface area contributed by atoms with E-state index < -0.39 is 11.9 Å². The number of carboxylic acids is 1. The van der Waals surface area contributed by atoms with Crippen molar-refractivity contribution in [2.24, 2.45) is 11.8 Å². The largest absolute Gasteiger partial charge is 0.481 e. The number of anilines is 1. The average molecular weight is 344 g/mol. The van der Waals surface area contributed by atoms with E-state index in [0.29, 0.717) is 25.9 Å². The van der Waals surface area contributed by atoms with Gasteiger partial charge in [-0.05, 0) is 30.9 Å². The molecular weight excluding hydrogens is 320 g/mol. The van der Waals surface area contributed by atoms with E-state index in [1.165, 1.54) is 0 Å². The summed E-state index contributed by atoms with van der Waals surface area (Å²) in [6, 6.07) is 7.77. The van der Waals surface area contributed by atoms with Gasteiger partial charge >= 0.3 is 5.97 Å². The van der Waals surface area contributed by atoms with Crippen molar-refractivity contribution >= 4 is 23.5 Å². The van der Waals surface area contributed by atoms with Gasteiger partial charge in [-0.3, -0.25) is 14.4 Å². The number of aliphatic carboxylic acids is 1. The van der Waals surface area contributed by atoms with Gasteiger partial charge in [-0.25, -0.2) is 0 Å². The number of carbonyl (C=O) groups excluding carboxylic acids is 2. The Bertz CT molecular complexity index is 688. The molecule has 0 bridgehead atoms. The van der Waals surface area contributed by atoms with Crippen molar-refractivity contribution in [1.82, 2.24) is 4.90 Å². The number of carbonyl (C=O) groups is 3. The lowest BCUT2D eigenvalue weighted by atomic mass is 9.96. The maximum absolute atomic E-state index is 12.8. The lowest BCUT2D eigenvalue weighted by Gasteiger charge is -2.32. The van der Waals surface area contributed by atoms with Gasteiger partial charge < -0.3 is 14.9 Å². The first-order chi connectivity index (χ1) is 12.0. The number of para-hydroxylation sites is 1. The third-order valence-corrected chi connectivity index (χ3v) is 5.22. The molecule has 0 saturated carbocycles. The summed E-state index contributed by atoms with van der Waals surface area (Å²) in [4.78, 5) is 39.8. The lowest BCUT2D eigenvalue weighted by molar-refractivity contribution is -0.146. The van der Waals surface area contributed by atoms with Crippen LogP contribution in [-0.4, -0.2) is 47.4 Å². The summed E-state index contributed by atoms with van der Waals surface area (Å²) in [6.07, 6.45) is 2.33. The molecule has 25 heavy (non-hydrogen) atoms. The van der Waals surface area contributed by atoms with Gasteiger partial charge in [0.1, 0.15) is 0 Å². The summed E-state index contributed by atoms with van der Waals surface area (Å²) in [5.41, 5.74) is 1.97. The normalized spacial score (nSPS) is 23.8. The van der Waals surface area contributed by atoms with Crippen LogP contribution in [0.15, 0.2) is 24.3 Å². The monoisotopic (exact) mass is 344 g/mol. The van der Waals surface area contributed by atoms with Gasteiger partial charge in [-0.1, -0.05) is 25.1 Å². The van der Waals surface area contributed by atoms with Gasteiger partial charge in [-0.15, -0.1) is 0 Å². The van der Waals surface area contributed by atoms with E-state index in [9.17, 15) is 19.5 Å². The zero-order chi connectivity index (χ0) is 18.0. The van der Waals surface area contributed by atoms with Crippen LogP contribution >= 0.6 is 0 Å². The third kappa shape index (κ3) is 3.52. The van der Waals surface area contributed by atoms with Crippen LogP contribution < -0.4 is 4.90 Å². The van der Waals surface area contributed by atoms with E-state index in [-0.39, 0.29) is 30.7 Å². The molecule has 6 heteroatoms. The number of piperidine rings is 1. The molecule has 2 fully saturated rings. The van der Waals surface area contributed by atoms with E-state index in [1.807, 2.05) is 31.2 Å². The number of benzene rings is 1. The number of hydrogen-bond acceptors (Lipinski definition) is 3. The van der Waals surface area contributed by atoms with E-state index >= 15 is 0 Å². The predicted octanol–water partition coefficient (Wildman–Crippen LogP) is 1.93. The summed E-state index contributed by atoms with van der Waals surface area (Å²) in [7, 11) is 0. The van der Waals surface area contributed by atoms with Crippen LogP contribution in [0, 0.1) is 11.8 Å². The zero-order valence-electron chi connectivity index (χ0n) is 14.5. The number of nitrogens with zero attached hydrogens (tertiary/aromatic N) is 2. The fraction of sp³-hybridized carbons (Fsp3) is 0.526. The Morgan fingerprint density at radius 3 is 2.68 bits per heavy atom. The molecule has 2 aliphatic rings. The number of rotatable bonds is 4. The Morgan fingerprint density at radius 1 is 1.20 bits per heavy atom. The van der Waals surface area contributed by atoms with Gasteiger partial charge in [0.05, 0.1) is 11.8 Å². The molecule has 0 unspecified atom stereocenters. The van der Waals surface area contributed by atoms with Crippen molar-refractivity contribution in [3.63, 3.8) is 0 Å². The smallest absolute Gasteiger partial charge is 0.308 e. The summed E-state index contributed by atoms with van der Waals surface area (Å²) >= 11 is 0. The van der Waals surface area contributed by atoms with E-state index in [4.69, 9.17) is 0 Å². The minimum atomic E-state index is -0.849. The Kier molecular flexibility index (Phi) is 5.06. The van der Waals surface area contributed by atoms with Crippen LogP contribution in [0.3, 0.4) is 0 Å². The zero-order valence-corrected chi connectivity index (χ0v) is 14.5. The highest BCUT2D eigenvalue weighted by Crippen LogP contribution is 2.30. The molecule has 6 nitrogen and oxygen atoms in total. The first-order valence-corrected chi connectivity index (χ1v) is 8.91. The second-order valence-corrected chi connectivity index (χ2v) is 6.85. The number of carboxylic acid groups (broad SMARTS) is 1. The molecular formula is C19H24N2O4. The molecule has 1 aromatic carbocycles. The van der Waals surface area contributed by atoms with E-state index in [1.54, 1.807) is 9.80 Å². The molecule has 2 aliphatic heterocycles. The molecule has 0 aliphatic carbocycles. The Balaban J connectivity index is 1.71. The van der Waals surface area contributed by atoms with Gasteiger partial charge in [0, 0.05) is 31.7 Å². The van der Waals surface area contributed by atoms with Crippen molar-refractivity contribution in [3.8, 4) is 0 Å². The molecule has 1 N–H and O–H groups in total. The molecule has 3 rings (SSSR count). The summed E-state index contributed by atoms with van der Waals surface area (Å²) in [5.74, 6) is -1.85. The molecule has 134 valence electrons. The number of aryl methyl sites for hydroxylation is 1. The number of hydrogen-bond donors (Lipinski definition) is 1. The summed E-state index contributed by atoms with van der Waals surface area (Å²) in [5, 5.41) is 9.19. The van der Waals surface area contributed by atoms with E-state index in [0.717, 1.165) is 17.7 Å². The Labute approximate surface area is 147 Å². The third-order valence-electron chi connectivity index (χ3n) is 5.22. The number of amides is 2. The highest BCUT2D eigenvalue weighted by Gasteiger charge is 2.39. The second kappa shape index (κ2) is 7.25. The van der Waals surface area contributed by atoms with Gasteiger partial charge in [-0.2, -0.15) is 0 Å². The quantitative estimate of drug-likeness (QED) is 0.905. The number of likely N-dealkylation sites (tertiary alicyclic amines) is 1. The van der Waals surface area contributed by atoms with Crippen LogP contribution in [0.5, 0.6) is 0 Å². The Morgan fingerprint density at radius 2 is 1.96 bits per heavy atom. The maximum Gasteiger partial charge on any atom is 0.308 e. The summed E-state index contributed by atoms with van der Waals surface area (Å²) in [6.45, 7) is 3.26. The van der Waals surface area contributed by atoms with Crippen molar-refractivity contribution in [3.05, 3.63) is 29.8 Å². The lowest BCUT2D eigenvalue weighted by Crippen LogP contribution is -2.45. The molecule has 2 amide bonds. The Hall–Kier alpha value is -2.37. The van der Waals surface area contributed by atoms with E-state index in [2.05, 4.69) is 0 Å². The minimum Gasteiger partial charge on any atom is -0.481 e. The topological polar surface area (TPSA) is 77.9 Å². The standard InChI is InChI=1S/C19H24N2O4/c1-2-13-6-3-4-8-16(13)21-12-15(10-17(21)22)18(23)20-9-5-7-14(11-20)19(24)25/h3-4,6,8,14-15H,2,5,7,9-12H2,1H3,(H,24,25)/t14-,15+/m0/s1. The van der Waals surface area contributed by atoms with Crippen LogP contribution in [0.2, 0.25) is 0 Å². The molecule has 2 heterocycles. The van der Waals surface area contributed by atoms with Crippen LogP contribution in [-0.2, 0) is 20.8 Å². The first-order valence-electron chi connectivity index (χ1n) is 8.91. The molecule has 2 atom stereocenters. The highest BCUT2D eigenvalue weighted by atomic mass is 16.4. The maximum atomic E-state index is 12.8. The molecule has 0 aromatic heterocycles. The van der Waals surface area contributed by atoms with Gasteiger partial charge in [0.25, 0.3) is 0 Å². The van der Waals surface area contributed by atoms with Crippen molar-refractivity contribution < 1.29 is 19.5 Å². The fourth-order valence-electron chi connectivity index (χ4n) is 3.82. The highest BCUT2D eigenvalue weighted by molar-refractivity contribution is 6.00. The van der Waals surface area contributed by atoms with Crippen molar-refractivity contribution in [1.29, 1.82) is 0 Å². The molecule has 1 aromatic rings. The second-order valence-electron chi connectivity index (χ2n) is 6.85. The molecule has 0 radical (unpaired) electrons. The van der Waals surface area contributed by atoms with Crippen LogP contribution in [0.1, 0.15) is 31.7 Å². The van der Waals surface area contributed by atoms with Gasteiger partial charge in [0.15, 0.2) is 0 Å². The van der Waals surface area contributed by atoms with Crippen LogP contribution in [0.25, 0.3) is 0 Å². The van der Waals surface area contributed by atoms with Gasteiger partial charge in [0.2, 0.25) is 11.8 Å². The van der Waals surface area contributed by atoms with Crippen molar-refractivity contribution in [2.45, 2.75) is 32.6 Å².